The summed E-state index contributed by atoms with van der Waals surface area (Å²) in [7, 11) is 0. The molecule has 0 aliphatic heterocycles. The van der Waals surface area contributed by atoms with Crippen molar-refractivity contribution in [1.82, 2.24) is 0 Å². The van der Waals surface area contributed by atoms with Gasteiger partial charge in [0.15, 0.2) is 0 Å². The molecule has 0 radical (unpaired) electrons. The topological polar surface area (TPSA) is 12.0 Å². The SMILES string of the molecule is CCCCCCCCCCNc1ccc(Cl)cc1. The van der Waals surface area contributed by atoms with E-state index in [1.54, 1.807) is 0 Å². The van der Waals surface area contributed by atoms with Crippen molar-refractivity contribution in [2.45, 2.75) is 58.3 Å². The Morgan fingerprint density at radius 3 is 2.00 bits per heavy atom. The van der Waals surface area contributed by atoms with Crippen molar-refractivity contribution in [3.63, 3.8) is 0 Å². The highest BCUT2D eigenvalue weighted by Crippen LogP contribution is 2.14. The average molecular weight is 268 g/mol. The van der Waals surface area contributed by atoms with Crippen molar-refractivity contribution in [3.05, 3.63) is 29.3 Å². The molecule has 0 heterocycles. The zero-order valence-corrected chi connectivity index (χ0v) is 12.3. The first-order valence-corrected chi connectivity index (χ1v) is 7.70. The maximum atomic E-state index is 5.84. The number of halogens is 1. The summed E-state index contributed by atoms with van der Waals surface area (Å²) in [4.78, 5) is 0. The first-order valence-electron chi connectivity index (χ1n) is 7.32. The van der Waals surface area contributed by atoms with Gasteiger partial charge in [-0.3, -0.25) is 0 Å². The van der Waals surface area contributed by atoms with Crippen LogP contribution in [0.4, 0.5) is 5.69 Å². The first kappa shape index (κ1) is 15.4. The zero-order valence-electron chi connectivity index (χ0n) is 11.6. The molecule has 0 saturated heterocycles. The lowest BCUT2D eigenvalue weighted by molar-refractivity contribution is 0.581. The smallest absolute Gasteiger partial charge is 0.0407 e. The van der Waals surface area contributed by atoms with Gasteiger partial charge < -0.3 is 5.32 Å². The van der Waals surface area contributed by atoms with Gasteiger partial charge in [-0.15, -0.1) is 0 Å². The molecule has 0 unspecified atom stereocenters. The van der Waals surface area contributed by atoms with E-state index < -0.39 is 0 Å². The summed E-state index contributed by atoms with van der Waals surface area (Å²) in [5, 5.41) is 4.22. The lowest BCUT2D eigenvalue weighted by Crippen LogP contribution is -2.00. The Bertz CT molecular complexity index is 294. The molecule has 0 aliphatic carbocycles. The second-order valence-corrected chi connectivity index (χ2v) is 5.34. The van der Waals surface area contributed by atoms with E-state index in [2.05, 4.69) is 12.2 Å². The van der Waals surface area contributed by atoms with Crippen LogP contribution in [0.25, 0.3) is 0 Å². The predicted molar refractivity (Wildman–Crippen MR) is 82.6 cm³/mol. The van der Waals surface area contributed by atoms with Crippen molar-refractivity contribution in [3.8, 4) is 0 Å². The molecule has 0 atom stereocenters. The Labute approximate surface area is 117 Å². The van der Waals surface area contributed by atoms with Crippen LogP contribution in [0.2, 0.25) is 5.02 Å². The normalized spacial score (nSPS) is 10.6. The van der Waals surface area contributed by atoms with Crippen LogP contribution < -0.4 is 5.32 Å². The standard InChI is InChI=1S/C16H26ClN/c1-2-3-4-5-6-7-8-9-14-18-16-12-10-15(17)11-13-16/h10-13,18H,2-9,14H2,1H3. The Morgan fingerprint density at radius 1 is 0.833 bits per heavy atom. The van der Waals surface area contributed by atoms with Crippen LogP contribution in [0.15, 0.2) is 24.3 Å². The predicted octanol–water partition coefficient (Wildman–Crippen LogP) is 5.89. The van der Waals surface area contributed by atoms with Gasteiger partial charge in [0.1, 0.15) is 0 Å². The van der Waals surface area contributed by atoms with Gasteiger partial charge >= 0.3 is 0 Å². The summed E-state index contributed by atoms with van der Waals surface area (Å²) in [6, 6.07) is 7.93. The molecule has 0 aliphatic rings. The lowest BCUT2D eigenvalue weighted by atomic mass is 10.1. The molecule has 1 nitrogen and oxygen atoms in total. The molecule has 0 bridgehead atoms. The molecule has 0 aromatic heterocycles. The van der Waals surface area contributed by atoms with E-state index in [0.717, 1.165) is 11.6 Å². The molecule has 0 saturated carbocycles. The Morgan fingerprint density at radius 2 is 1.39 bits per heavy atom. The Hall–Kier alpha value is -0.690. The van der Waals surface area contributed by atoms with E-state index in [0.29, 0.717) is 0 Å². The van der Waals surface area contributed by atoms with Gasteiger partial charge in [0.2, 0.25) is 0 Å². The van der Waals surface area contributed by atoms with Crippen molar-refractivity contribution < 1.29 is 0 Å². The maximum Gasteiger partial charge on any atom is 0.0407 e. The molecule has 18 heavy (non-hydrogen) atoms. The third-order valence-electron chi connectivity index (χ3n) is 3.20. The van der Waals surface area contributed by atoms with Crippen LogP contribution in [0.5, 0.6) is 0 Å². The molecule has 0 fully saturated rings. The highest BCUT2D eigenvalue weighted by molar-refractivity contribution is 6.30. The molecule has 102 valence electrons. The number of rotatable bonds is 10. The van der Waals surface area contributed by atoms with Gasteiger partial charge in [-0.1, -0.05) is 63.5 Å². The Kier molecular flexibility index (Phi) is 8.75. The summed E-state index contributed by atoms with van der Waals surface area (Å²) in [5.74, 6) is 0. The van der Waals surface area contributed by atoms with Crippen LogP contribution in [0.3, 0.4) is 0 Å². The highest BCUT2D eigenvalue weighted by Gasteiger charge is 1.93. The second kappa shape index (κ2) is 10.3. The lowest BCUT2D eigenvalue weighted by Gasteiger charge is -2.06. The van der Waals surface area contributed by atoms with Gasteiger partial charge in [0, 0.05) is 17.3 Å². The quantitative estimate of drug-likeness (QED) is 0.521. The van der Waals surface area contributed by atoms with E-state index in [-0.39, 0.29) is 0 Å². The monoisotopic (exact) mass is 267 g/mol. The van der Waals surface area contributed by atoms with Crippen molar-refractivity contribution in [1.29, 1.82) is 0 Å². The first-order chi connectivity index (χ1) is 8.83. The molecular weight excluding hydrogens is 242 g/mol. The van der Waals surface area contributed by atoms with Gasteiger partial charge in [0.25, 0.3) is 0 Å². The molecule has 0 spiro atoms. The van der Waals surface area contributed by atoms with E-state index >= 15 is 0 Å². The summed E-state index contributed by atoms with van der Waals surface area (Å²) >= 11 is 5.84. The number of unbranched alkanes of at least 4 members (excludes halogenated alkanes) is 7. The van der Waals surface area contributed by atoms with Gasteiger partial charge in [0.05, 0.1) is 0 Å². The van der Waals surface area contributed by atoms with E-state index in [4.69, 9.17) is 11.6 Å². The minimum absolute atomic E-state index is 0.799. The van der Waals surface area contributed by atoms with Gasteiger partial charge in [-0.05, 0) is 30.7 Å². The Balaban J connectivity index is 1.91. The average Bonchev–Trinajstić information content (AvgIpc) is 2.39. The molecule has 1 aromatic carbocycles. The minimum atomic E-state index is 0.799. The number of benzene rings is 1. The van der Waals surface area contributed by atoms with Crippen molar-refractivity contribution in [2.24, 2.45) is 0 Å². The third-order valence-corrected chi connectivity index (χ3v) is 3.46. The van der Waals surface area contributed by atoms with Crippen LogP contribution >= 0.6 is 11.6 Å². The third kappa shape index (κ3) is 7.60. The molecular formula is C16H26ClN. The maximum absolute atomic E-state index is 5.84. The fraction of sp³-hybridized carbons (Fsp3) is 0.625. The molecule has 2 heteroatoms. The van der Waals surface area contributed by atoms with E-state index in [1.165, 1.54) is 57.1 Å². The molecule has 1 aromatic rings. The van der Waals surface area contributed by atoms with Gasteiger partial charge in [-0.2, -0.15) is 0 Å². The molecule has 1 rings (SSSR count). The zero-order chi connectivity index (χ0) is 13.1. The number of anilines is 1. The van der Waals surface area contributed by atoms with Crippen molar-refractivity contribution >= 4 is 17.3 Å². The van der Waals surface area contributed by atoms with Crippen LogP contribution in [-0.4, -0.2) is 6.54 Å². The van der Waals surface area contributed by atoms with E-state index in [9.17, 15) is 0 Å². The van der Waals surface area contributed by atoms with Crippen LogP contribution in [0, 0.1) is 0 Å². The fourth-order valence-electron chi connectivity index (χ4n) is 2.06. The minimum Gasteiger partial charge on any atom is -0.385 e. The van der Waals surface area contributed by atoms with Crippen LogP contribution in [0.1, 0.15) is 58.3 Å². The molecule has 1 N–H and O–H groups in total. The molecule has 0 amide bonds. The second-order valence-electron chi connectivity index (χ2n) is 4.91. The summed E-state index contributed by atoms with van der Waals surface area (Å²) in [5.41, 5.74) is 1.17. The largest absolute Gasteiger partial charge is 0.385 e. The number of nitrogens with one attached hydrogen (secondary N) is 1. The van der Waals surface area contributed by atoms with Crippen LogP contribution in [-0.2, 0) is 0 Å². The number of hydrogen-bond donors (Lipinski definition) is 1. The summed E-state index contributed by atoms with van der Waals surface area (Å²) in [6.07, 6.45) is 11.0. The van der Waals surface area contributed by atoms with E-state index in [1.807, 2.05) is 24.3 Å². The van der Waals surface area contributed by atoms with Gasteiger partial charge in [-0.25, -0.2) is 0 Å². The number of hydrogen-bond acceptors (Lipinski definition) is 1. The highest BCUT2D eigenvalue weighted by atomic mass is 35.5. The summed E-state index contributed by atoms with van der Waals surface area (Å²) in [6.45, 7) is 3.33. The summed E-state index contributed by atoms with van der Waals surface area (Å²) < 4.78 is 0. The fourth-order valence-corrected chi connectivity index (χ4v) is 2.19. The van der Waals surface area contributed by atoms with Crippen molar-refractivity contribution in [2.75, 3.05) is 11.9 Å².